The van der Waals surface area contributed by atoms with Crippen LogP contribution >= 0.6 is 23.4 Å². The summed E-state index contributed by atoms with van der Waals surface area (Å²) in [5.41, 5.74) is 3.17. The van der Waals surface area contributed by atoms with Gasteiger partial charge in [-0.3, -0.25) is 9.89 Å². The van der Waals surface area contributed by atoms with Gasteiger partial charge < -0.3 is 10.6 Å². The van der Waals surface area contributed by atoms with E-state index in [9.17, 15) is 4.79 Å². The Morgan fingerprint density at radius 2 is 2.26 bits per heavy atom. The molecule has 0 saturated carbocycles. The van der Waals surface area contributed by atoms with E-state index >= 15 is 0 Å². The van der Waals surface area contributed by atoms with Crippen LogP contribution in [0.3, 0.4) is 0 Å². The minimum absolute atomic E-state index is 0.209. The first kappa shape index (κ1) is 16.4. The van der Waals surface area contributed by atoms with Gasteiger partial charge in [-0.05, 0) is 12.1 Å². The molecule has 3 N–H and O–H groups in total. The highest BCUT2D eigenvalue weighted by Crippen LogP contribution is 2.36. The molecule has 2 heterocycles. The summed E-state index contributed by atoms with van der Waals surface area (Å²) in [6.45, 7) is 5.75. The molecule has 23 heavy (non-hydrogen) atoms. The standard InChI is InChI=1S/C16H19ClN4OS/c1-9(2)23-15-11(17)4-3-5-13(15)19-16(22)14-10-8-18-7-6-12(10)20-21-14/h3-5,9,18H,6-8H2,1-2H3,(H,19,22)(H,20,21). The van der Waals surface area contributed by atoms with Crippen molar-refractivity contribution in [3.8, 4) is 0 Å². The van der Waals surface area contributed by atoms with Crippen LogP contribution in [0.2, 0.25) is 5.02 Å². The van der Waals surface area contributed by atoms with Crippen molar-refractivity contribution in [2.75, 3.05) is 11.9 Å². The van der Waals surface area contributed by atoms with E-state index in [1.165, 1.54) is 0 Å². The van der Waals surface area contributed by atoms with Crippen LogP contribution in [0.4, 0.5) is 5.69 Å². The summed E-state index contributed by atoms with van der Waals surface area (Å²) < 4.78 is 0. The molecule has 0 unspecified atom stereocenters. The lowest BCUT2D eigenvalue weighted by Gasteiger charge is -2.15. The number of rotatable bonds is 4. The van der Waals surface area contributed by atoms with Gasteiger partial charge in [-0.2, -0.15) is 5.10 Å². The van der Waals surface area contributed by atoms with E-state index in [1.807, 2.05) is 18.2 Å². The molecule has 1 aromatic carbocycles. The molecule has 5 nitrogen and oxygen atoms in total. The lowest BCUT2D eigenvalue weighted by molar-refractivity contribution is 0.102. The molecule has 0 atom stereocenters. The Kier molecular flexibility index (Phi) is 4.94. The van der Waals surface area contributed by atoms with Gasteiger partial charge in [-0.1, -0.05) is 31.5 Å². The summed E-state index contributed by atoms with van der Waals surface area (Å²) in [6.07, 6.45) is 0.862. The van der Waals surface area contributed by atoms with Crippen molar-refractivity contribution in [2.45, 2.75) is 37.0 Å². The van der Waals surface area contributed by atoms with E-state index in [4.69, 9.17) is 11.6 Å². The van der Waals surface area contributed by atoms with Crippen LogP contribution in [-0.2, 0) is 13.0 Å². The molecule has 0 fully saturated rings. The molecule has 1 aromatic heterocycles. The smallest absolute Gasteiger partial charge is 0.276 e. The summed E-state index contributed by atoms with van der Waals surface area (Å²) >= 11 is 7.93. The van der Waals surface area contributed by atoms with Gasteiger partial charge >= 0.3 is 0 Å². The molecule has 0 spiro atoms. The zero-order chi connectivity index (χ0) is 16.4. The Bertz CT molecular complexity index is 729. The minimum atomic E-state index is -0.209. The summed E-state index contributed by atoms with van der Waals surface area (Å²) in [5, 5.41) is 14.4. The lowest BCUT2D eigenvalue weighted by atomic mass is 10.1. The number of thioether (sulfide) groups is 1. The van der Waals surface area contributed by atoms with Gasteiger partial charge in [0.05, 0.1) is 10.7 Å². The number of benzene rings is 1. The highest BCUT2D eigenvalue weighted by Gasteiger charge is 2.22. The Balaban J connectivity index is 1.86. The van der Waals surface area contributed by atoms with Crippen LogP contribution in [0, 0.1) is 0 Å². The average molecular weight is 351 g/mol. The maximum atomic E-state index is 12.6. The number of hydrogen-bond acceptors (Lipinski definition) is 4. The van der Waals surface area contributed by atoms with Gasteiger partial charge in [0.1, 0.15) is 0 Å². The van der Waals surface area contributed by atoms with Crippen LogP contribution < -0.4 is 10.6 Å². The van der Waals surface area contributed by atoms with Crippen LogP contribution in [0.5, 0.6) is 0 Å². The van der Waals surface area contributed by atoms with Crippen molar-refractivity contribution < 1.29 is 4.79 Å². The molecule has 0 aliphatic carbocycles. The third-order valence-electron chi connectivity index (χ3n) is 3.59. The highest BCUT2D eigenvalue weighted by molar-refractivity contribution is 8.00. The number of carbonyl (C=O) groups is 1. The largest absolute Gasteiger partial charge is 0.319 e. The molecule has 2 aromatic rings. The zero-order valence-electron chi connectivity index (χ0n) is 13.1. The number of nitrogens with one attached hydrogen (secondary N) is 3. The molecule has 0 bridgehead atoms. The molecular formula is C16H19ClN4OS. The van der Waals surface area contributed by atoms with Crippen molar-refractivity contribution in [1.29, 1.82) is 0 Å². The number of hydrogen-bond donors (Lipinski definition) is 3. The first-order valence-corrected chi connectivity index (χ1v) is 8.85. The van der Waals surface area contributed by atoms with Crippen LogP contribution in [0.1, 0.15) is 35.6 Å². The predicted octanol–water partition coefficient (Wildman–Crippen LogP) is 3.46. The van der Waals surface area contributed by atoms with Crippen LogP contribution in [0.15, 0.2) is 23.1 Å². The molecule has 7 heteroatoms. The van der Waals surface area contributed by atoms with E-state index in [2.05, 4.69) is 34.7 Å². The highest BCUT2D eigenvalue weighted by atomic mass is 35.5. The zero-order valence-corrected chi connectivity index (χ0v) is 14.6. The number of aromatic nitrogens is 2. The number of halogens is 1. The first-order chi connectivity index (χ1) is 11.1. The van der Waals surface area contributed by atoms with Crippen molar-refractivity contribution >= 4 is 35.0 Å². The monoisotopic (exact) mass is 350 g/mol. The maximum absolute atomic E-state index is 12.6. The fraction of sp³-hybridized carbons (Fsp3) is 0.375. The quantitative estimate of drug-likeness (QED) is 0.738. The van der Waals surface area contributed by atoms with Gasteiger partial charge in [0.25, 0.3) is 5.91 Å². The van der Waals surface area contributed by atoms with E-state index < -0.39 is 0 Å². The number of anilines is 1. The minimum Gasteiger partial charge on any atom is -0.319 e. The topological polar surface area (TPSA) is 69.8 Å². The number of amides is 1. The average Bonchev–Trinajstić information content (AvgIpc) is 2.94. The second kappa shape index (κ2) is 6.95. The normalized spacial score (nSPS) is 13.9. The Hall–Kier alpha value is -1.50. The van der Waals surface area contributed by atoms with Crippen molar-refractivity contribution in [1.82, 2.24) is 15.5 Å². The molecular weight excluding hydrogens is 332 g/mol. The number of carbonyl (C=O) groups excluding carboxylic acids is 1. The second-order valence-electron chi connectivity index (χ2n) is 5.69. The van der Waals surface area contributed by atoms with Gasteiger partial charge in [0, 0.05) is 40.9 Å². The third-order valence-corrected chi connectivity index (χ3v) is 5.16. The van der Waals surface area contributed by atoms with Crippen molar-refractivity contribution in [2.24, 2.45) is 0 Å². The SMILES string of the molecule is CC(C)Sc1c(Cl)cccc1NC(=O)c1n[nH]c2c1CNCC2. The van der Waals surface area contributed by atoms with E-state index in [0.29, 0.717) is 22.5 Å². The number of aromatic amines is 1. The van der Waals surface area contributed by atoms with Gasteiger partial charge in [0.15, 0.2) is 5.69 Å². The maximum Gasteiger partial charge on any atom is 0.276 e. The van der Waals surface area contributed by atoms with Gasteiger partial charge in [0.2, 0.25) is 0 Å². The van der Waals surface area contributed by atoms with E-state index in [0.717, 1.165) is 34.8 Å². The van der Waals surface area contributed by atoms with Crippen molar-refractivity contribution in [3.63, 3.8) is 0 Å². The number of fused-ring (bicyclic) bond motifs is 1. The molecule has 3 rings (SSSR count). The molecule has 1 aliphatic heterocycles. The van der Waals surface area contributed by atoms with E-state index in [-0.39, 0.29) is 5.91 Å². The molecule has 0 radical (unpaired) electrons. The van der Waals surface area contributed by atoms with Crippen LogP contribution in [0.25, 0.3) is 0 Å². The first-order valence-electron chi connectivity index (χ1n) is 7.59. The number of H-pyrrole nitrogens is 1. The van der Waals surface area contributed by atoms with Crippen LogP contribution in [-0.4, -0.2) is 27.9 Å². The van der Waals surface area contributed by atoms with E-state index in [1.54, 1.807) is 11.8 Å². The Morgan fingerprint density at radius 3 is 3.04 bits per heavy atom. The van der Waals surface area contributed by atoms with Gasteiger partial charge in [-0.25, -0.2) is 0 Å². The summed E-state index contributed by atoms with van der Waals surface area (Å²) in [4.78, 5) is 13.5. The Labute approximate surface area is 144 Å². The Morgan fingerprint density at radius 1 is 1.43 bits per heavy atom. The summed E-state index contributed by atoms with van der Waals surface area (Å²) in [6, 6.07) is 5.54. The predicted molar refractivity (Wildman–Crippen MR) is 94.4 cm³/mol. The fourth-order valence-corrected chi connectivity index (χ4v) is 3.76. The van der Waals surface area contributed by atoms with Crippen molar-refractivity contribution in [3.05, 3.63) is 40.2 Å². The molecule has 1 amide bonds. The second-order valence-corrected chi connectivity index (χ2v) is 7.69. The molecule has 0 saturated heterocycles. The fourth-order valence-electron chi connectivity index (χ4n) is 2.56. The van der Waals surface area contributed by atoms with Gasteiger partial charge in [-0.15, -0.1) is 11.8 Å². The third kappa shape index (κ3) is 3.54. The number of nitrogens with zero attached hydrogens (tertiary/aromatic N) is 1. The molecule has 1 aliphatic rings. The molecule has 122 valence electrons. The lowest BCUT2D eigenvalue weighted by Crippen LogP contribution is -2.25. The summed E-state index contributed by atoms with van der Waals surface area (Å²) in [5.74, 6) is -0.209. The summed E-state index contributed by atoms with van der Waals surface area (Å²) in [7, 11) is 0.